The fourth-order valence-electron chi connectivity index (χ4n) is 1.12. The van der Waals surface area contributed by atoms with Crippen molar-refractivity contribution in [1.82, 2.24) is 20.6 Å². The van der Waals surface area contributed by atoms with Crippen molar-refractivity contribution < 1.29 is 0 Å². The summed E-state index contributed by atoms with van der Waals surface area (Å²) >= 11 is 5.03. The van der Waals surface area contributed by atoms with Gasteiger partial charge in [0.2, 0.25) is 0 Å². The molecule has 3 N–H and O–H groups in total. The summed E-state index contributed by atoms with van der Waals surface area (Å²) in [6, 6.07) is 0. The van der Waals surface area contributed by atoms with Gasteiger partial charge in [-0.25, -0.2) is 4.98 Å². The topological polar surface area (TPSA) is 61.9 Å². The van der Waals surface area contributed by atoms with E-state index in [0.29, 0.717) is 5.11 Å². The van der Waals surface area contributed by atoms with E-state index >= 15 is 0 Å². The standard InChI is InChI=1S/C10H17N5S/c1-2-12-10(16)15-5-3-4-13-9-8-11-6-7-14-9/h6-8H,2-5H2,1H3,(H,13,14)(H2,12,15,16). The van der Waals surface area contributed by atoms with Gasteiger partial charge in [0.25, 0.3) is 0 Å². The van der Waals surface area contributed by atoms with Crippen LogP contribution in [-0.2, 0) is 0 Å². The van der Waals surface area contributed by atoms with Gasteiger partial charge in [0.05, 0.1) is 6.20 Å². The first-order valence-corrected chi connectivity index (χ1v) is 5.75. The third-order valence-corrected chi connectivity index (χ3v) is 2.13. The van der Waals surface area contributed by atoms with E-state index in [0.717, 1.165) is 31.9 Å². The predicted molar refractivity (Wildman–Crippen MR) is 69.4 cm³/mol. The largest absolute Gasteiger partial charge is 0.369 e. The second kappa shape index (κ2) is 7.81. The van der Waals surface area contributed by atoms with E-state index in [2.05, 4.69) is 25.9 Å². The molecule has 0 fully saturated rings. The van der Waals surface area contributed by atoms with Crippen molar-refractivity contribution in [2.45, 2.75) is 13.3 Å². The summed E-state index contributed by atoms with van der Waals surface area (Å²) in [5.41, 5.74) is 0. The number of hydrogen-bond donors (Lipinski definition) is 3. The van der Waals surface area contributed by atoms with Gasteiger partial charge in [0.1, 0.15) is 5.82 Å². The van der Waals surface area contributed by atoms with Crippen LogP contribution in [0.1, 0.15) is 13.3 Å². The maximum atomic E-state index is 5.03. The highest BCUT2D eigenvalue weighted by Crippen LogP contribution is 1.95. The first-order chi connectivity index (χ1) is 7.83. The summed E-state index contributed by atoms with van der Waals surface area (Å²) in [7, 11) is 0. The molecule has 0 aromatic carbocycles. The van der Waals surface area contributed by atoms with Crippen LogP contribution in [-0.4, -0.2) is 34.7 Å². The molecule has 1 aromatic heterocycles. The molecule has 0 aliphatic rings. The maximum Gasteiger partial charge on any atom is 0.166 e. The lowest BCUT2D eigenvalue weighted by atomic mass is 10.4. The zero-order chi connectivity index (χ0) is 11.6. The molecule has 0 radical (unpaired) electrons. The van der Waals surface area contributed by atoms with Gasteiger partial charge in [0, 0.05) is 32.0 Å². The minimum absolute atomic E-state index is 0.710. The molecule has 6 heteroatoms. The van der Waals surface area contributed by atoms with Gasteiger partial charge >= 0.3 is 0 Å². The second-order valence-electron chi connectivity index (χ2n) is 3.16. The molecule has 1 aromatic rings. The number of nitrogens with one attached hydrogen (secondary N) is 3. The molecule has 0 saturated heterocycles. The molecule has 88 valence electrons. The first kappa shape index (κ1) is 12.6. The van der Waals surface area contributed by atoms with Gasteiger partial charge in [-0.05, 0) is 25.6 Å². The minimum Gasteiger partial charge on any atom is -0.369 e. The smallest absolute Gasteiger partial charge is 0.166 e. The fraction of sp³-hybridized carbons (Fsp3) is 0.500. The first-order valence-electron chi connectivity index (χ1n) is 5.34. The van der Waals surface area contributed by atoms with Gasteiger partial charge in [-0.2, -0.15) is 0 Å². The van der Waals surface area contributed by atoms with Crippen LogP contribution in [0.2, 0.25) is 0 Å². The summed E-state index contributed by atoms with van der Waals surface area (Å²) in [5.74, 6) is 0.803. The molecular weight excluding hydrogens is 222 g/mol. The average Bonchev–Trinajstić information content (AvgIpc) is 2.30. The molecule has 1 heterocycles. The predicted octanol–water partition coefficient (Wildman–Crippen LogP) is 0.763. The number of thiocarbonyl (C=S) groups is 1. The molecule has 0 atom stereocenters. The Balaban J connectivity index is 2.02. The van der Waals surface area contributed by atoms with Crippen molar-refractivity contribution in [1.29, 1.82) is 0 Å². The average molecular weight is 239 g/mol. The fourth-order valence-corrected chi connectivity index (χ4v) is 1.37. The Bertz CT molecular complexity index is 303. The summed E-state index contributed by atoms with van der Waals surface area (Å²) in [6.45, 7) is 4.56. The Morgan fingerprint density at radius 3 is 2.88 bits per heavy atom. The highest BCUT2D eigenvalue weighted by molar-refractivity contribution is 7.80. The van der Waals surface area contributed by atoms with Crippen molar-refractivity contribution in [2.75, 3.05) is 25.0 Å². The zero-order valence-electron chi connectivity index (χ0n) is 9.36. The molecule has 0 saturated carbocycles. The summed E-state index contributed by atoms with van der Waals surface area (Å²) in [4.78, 5) is 8.07. The van der Waals surface area contributed by atoms with E-state index in [-0.39, 0.29) is 0 Å². The third-order valence-electron chi connectivity index (χ3n) is 1.85. The molecular formula is C10H17N5S. The third kappa shape index (κ3) is 5.45. The normalized spacial score (nSPS) is 9.56. The van der Waals surface area contributed by atoms with E-state index in [9.17, 15) is 0 Å². The number of anilines is 1. The highest BCUT2D eigenvalue weighted by Gasteiger charge is 1.93. The van der Waals surface area contributed by atoms with Gasteiger partial charge in [-0.1, -0.05) is 0 Å². The van der Waals surface area contributed by atoms with Crippen LogP contribution in [0.4, 0.5) is 5.82 Å². The van der Waals surface area contributed by atoms with Crippen molar-refractivity contribution >= 4 is 23.1 Å². The summed E-state index contributed by atoms with van der Waals surface area (Å²) in [5, 5.41) is 10.0. The molecule has 0 unspecified atom stereocenters. The van der Waals surface area contributed by atoms with Crippen LogP contribution >= 0.6 is 12.2 Å². The van der Waals surface area contributed by atoms with Crippen molar-refractivity contribution in [3.05, 3.63) is 18.6 Å². The number of hydrogen-bond acceptors (Lipinski definition) is 4. The Hall–Kier alpha value is -1.43. The van der Waals surface area contributed by atoms with Crippen LogP contribution in [0.3, 0.4) is 0 Å². The van der Waals surface area contributed by atoms with Crippen molar-refractivity contribution in [3.8, 4) is 0 Å². The number of nitrogens with zero attached hydrogens (tertiary/aromatic N) is 2. The zero-order valence-corrected chi connectivity index (χ0v) is 10.2. The molecule has 1 rings (SSSR count). The Labute approximate surface area is 101 Å². The number of rotatable bonds is 6. The van der Waals surface area contributed by atoms with E-state index in [4.69, 9.17) is 12.2 Å². The van der Waals surface area contributed by atoms with Crippen LogP contribution in [0.5, 0.6) is 0 Å². The van der Waals surface area contributed by atoms with Crippen LogP contribution in [0, 0.1) is 0 Å². The molecule has 0 aliphatic heterocycles. The quantitative estimate of drug-likeness (QED) is 0.503. The SMILES string of the molecule is CCNC(=S)NCCCNc1cnccn1. The number of aromatic nitrogens is 2. The Morgan fingerprint density at radius 2 is 2.19 bits per heavy atom. The van der Waals surface area contributed by atoms with Gasteiger partial charge in [-0.15, -0.1) is 0 Å². The lowest BCUT2D eigenvalue weighted by Crippen LogP contribution is -2.35. The molecule has 0 aliphatic carbocycles. The second-order valence-corrected chi connectivity index (χ2v) is 3.57. The van der Waals surface area contributed by atoms with E-state index in [1.807, 2.05) is 6.92 Å². The van der Waals surface area contributed by atoms with E-state index in [1.165, 1.54) is 0 Å². The van der Waals surface area contributed by atoms with Crippen molar-refractivity contribution in [3.63, 3.8) is 0 Å². The Morgan fingerprint density at radius 1 is 1.31 bits per heavy atom. The molecule has 0 spiro atoms. The van der Waals surface area contributed by atoms with Gasteiger partial charge in [-0.3, -0.25) is 4.98 Å². The van der Waals surface area contributed by atoms with E-state index in [1.54, 1.807) is 18.6 Å². The lowest BCUT2D eigenvalue weighted by Gasteiger charge is -2.09. The molecule has 16 heavy (non-hydrogen) atoms. The molecule has 5 nitrogen and oxygen atoms in total. The van der Waals surface area contributed by atoms with E-state index < -0.39 is 0 Å². The van der Waals surface area contributed by atoms with Crippen LogP contribution in [0.25, 0.3) is 0 Å². The summed E-state index contributed by atoms with van der Waals surface area (Å²) in [6.07, 6.45) is 6.00. The van der Waals surface area contributed by atoms with Crippen molar-refractivity contribution in [2.24, 2.45) is 0 Å². The van der Waals surface area contributed by atoms with Crippen LogP contribution < -0.4 is 16.0 Å². The van der Waals surface area contributed by atoms with Crippen LogP contribution in [0.15, 0.2) is 18.6 Å². The Kier molecular flexibility index (Phi) is 6.17. The molecule has 0 bridgehead atoms. The monoisotopic (exact) mass is 239 g/mol. The van der Waals surface area contributed by atoms with Gasteiger partial charge in [0.15, 0.2) is 5.11 Å². The molecule has 0 amide bonds. The highest BCUT2D eigenvalue weighted by atomic mass is 32.1. The lowest BCUT2D eigenvalue weighted by molar-refractivity contribution is 0.783. The van der Waals surface area contributed by atoms with Gasteiger partial charge < -0.3 is 16.0 Å². The summed E-state index contributed by atoms with van der Waals surface area (Å²) < 4.78 is 0. The maximum absolute atomic E-state index is 5.03. The minimum atomic E-state index is 0.710.